The molecule has 0 aliphatic carbocycles. The summed E-state index contributed by atoms with van der Waals surface area (Å²) < 4.78 is 5.45. The van der Waals surface area contributed by atoms with Crippen molar-refractivity contribution in [3.8, 4) is 0 Å². The fourth-order valence-electron chi connectivity index (χ4n) is 2.12. The molecule has 0 radical (unpaired) electrons. The average Bonchev–Trinajstić information content (AvgIpc) is 2.78. The summed E-state index contributed by atoms with van der Waals surface area (Å²) in [6.45, 7) is 3.81. The third kappa shape index (κ3) is 2.48. The van der Waals surface area contributed by atoms with Crippen LogP contribution in [-0.4, -0.2) is 62.8 Å². The molecule has 1 amide bonds. The number of morpholine rings is 1. The Labute approximate surface area is 90.1 Å². The molecule has 0 spiro atoms. The molecular formula is C10H19N3O2. The molecule has 2 saturated heterocycles. The molecule has 0 saturated carbocycles. The van der Waals surface area contributed by atoms with E-state index in [2.05, 4.69) is 10.6 Å². The van der Waals surface area contributed by atoms with E-state index in [1.807, 2.05) is 11.9 Å². The topological polar surface area (TPSA) is 53.6 Å². The van der Waals surface area contributed by atoms with Gasteiger partial charge in [-0.25, -0.2) is 0 Å². The van der Waals surface area contributed by atoms with Crippen molar-refractivity contribution in [3.05, 3.63) is 0 Å². The summed E-state index contributed by atoms with van der Waals surface area (Å²) in [5, 5.41) is 6.38. The van der Waals surface area contributed by atoms with Gasteiger partial charge in [-0.1, -0.05) is 0 Å². The lowest BCUT2D eigenvalue weighted by molar-refractivity contribution is -0.144. The highest BCUT2D eigenvalue weighted by molar-refractivity contribution is 5.81. The molecule has 86 valence electrons. The molecule has 5 nitrogen and oxygen atoms in total. The van der Waals surface area contributed by atoms with Crippen LogP contribution in [0.1, 0.15) is 6.42 Å². The molecule has 15 heavy (non-hydrogen) atoms. The standard InChI is InChI=1S/C10H19N3O2/c1-11-8-2-4-13(7-8)10(14)9-6-12-3-5-15-9/h8-9,11-12H,2-7H2,1H3/t8?,9-/m1/s1. The number of amides is 1. The number of likely N-dealkylation sites (tertiary alicyclic amines) is 1. The fourth-order valence-corrected chi connectivity index (χ4v) is 2.12. The van der Waals surface area contributed by atoms with Crippen LogP contribution in [0.5, 0.6) is 0 Å². The van der Waals surface area contributed by atoms with Crippen LogP contribution in [0.2, 0.25) is 0 Å². The van der Waals surface area contributed by atoms with E-state index in [-0.39, 0.29) is 12.0 Å². The predicted octanol–water partition coefficient (Wildman–Crippen LogP) is -1.20. The van der Waals surface area contributed by atoms with E-state index in [4.69, 9.17) is 4.74 Å². The number of hydrogen-bond donors (Lipinski definition) is 2. The van der Waals surface area contributed by atoms with Gasteiger partial charge >= 0.3 is 0 Å². The number of nitrogens with one attached hydrogen (secondary N) is 2. The van der Waals surface area contributed by atoms with Crippen molar-refractivity contribution in [2.24, 2.45) is 0 Å². The van der Waals surface area contributed by atoms with Crippen LogP contribution in [0.3, 0.4) is 0 Å². The minimum absolute atomic E-state index is 0.139. The lowest BCUT2D eigenvalue weighted by Gasteiger charge is -2.27. The summed E-state index contributed by atoms with van der Waals surface area (Å²) in [5.74, 6) is 0.139. The van der Waals surface area contributed by atoms with Gasteiger partial charge in [0.15, 0.2) is 0 Å². The van der Waals surface area contributed by atoms with Gasteiger partial charge in [-0.05, 0) is 13.5 Å². The molecule has 0 bridgehead atoms. The lowest BCUT2D eigenvalue weighted by Crippen LogP contribution is -2.49. The quantitative estimate of drug-likeness (QED) is 0.605. The Morgan fingerprint density at radius 1 is 1.60 bits per heavy atom. The molecule has 2 fully saturated rings. The van der Waals surface area contributed by atoms with Crippen LogP contribution in [0, 0.1) is 0 Å². The lowest BCUT2D eigenvalue weighted by atomic mass is 10.2. The molecule has 0 aromatic heterocycles. The summed E-state index contributed by atoms with van der Waals surface area (Å²) in [6.07, 6.45) is 0.775. The Morgan fingerprint density at radius 3 is 3.07 bits per heavy atom. The first-order valence-electron chi connectivity index (χ1n) is 5.59. The van der Waals surface area contributed by atoms with Gasteiger partial charge in [0.2, 0.25) is 0 Å². The zero-order valence-corrected chi connectivity index (χ0v) is 9.16. The highest BCUT2D eigenvalue weighted by Gasteiger charge is 2.31. The van der Waals surface area contributed by atoms with Gasteiger partial charge in [0.05, 0.1) is 6.61 Å². The van der Waals surface area contributed by atoms with Crippen LogP contribution in [0.25, 0.3) is 0 Å². The molecular weight excluding hydrogens is 194 g/mol. The third-order valence-corrected chi connectivity index (χ3v) is 3.11. The van der Waals surface area contributed by atoms with Crippen molar-refractivity contribution in [1.82, 2.24) is 15.5 Å². The van der Waals surface area contributed by atoms with E-state index in [0.717, 1.165) is 26.1 Å². The maximum atomic E-state index is 12.0. The van der Waals surface area contributed by atoms with Crippen molar-refractivity contribution >= 4 is 5.91 Å². The fraction of sp³-hybridized carbons (Fsp3) is 0.900. The van der Waals surface area contributed by atoms with Crippen LogP contribution < -0.4 is 10.6 Å². The second kappa shape index (κ2) is 4.92. The van der Waals surface area contributed by atoms with Gasteiger partial charge < -0.3 is 20.3 Å². The largest absolute Gasteiger partial charge is 0.366 e. The molecule has 2 aliphatic heterocycles. The number of nitrogens with zero attached hydrogens (tertiary/aromatic N) is 1. The summed E-state index contributed by atoms with van der Waals surface area (Å²) >= 11 is 0. The maximum Gasteiger partial charge on any atom is 0.253 e. The Balaban J connectivity index is 1.85. The molecule has 0 aromatic rings. The second-order valence-corrected chi connectivity index (χ2v) is 4.12. The van der Waals surface area contributed by atoms with Gasteiger partial charge in [0, 0.05) is 32.2 Å². The van der Waals surface area contributed by atoms with E-state index in [1.165, 1.54) is 0 Å². The maximum absolute atomic E-state index is 12.0. The number of hydrogen-bond acceptors (Lipinski definition) is 4. The molecule has 2 rings (SSSR count). The van der Waals surface area contributed by atoms with Gasteiger partial charge in [-0.3, -0.25) is 4.79 Å². The molecule has 2 N–H and O–H groups in total. The molecule has 1 unspecified atom stereocenters. The summed E-state index contributed by atoms with van der Waals surface area (Å²) in [4.78, 5) is 13.9. The smallest absolute Gasteiger partial charge is 0.253 e. The average molecular weight is 213 g/mol. The second-order valence-electron chi connectivity index (χ2n) is 4.12. The Bertz CT molecular complexity index is 229. The Morgan fingerprint density at radius 2 is 2.47 bits per heavy atom. The number of ether oxygens (including phenoxy) is 1. The minimum Gasteiger partial charge on any atom is -0.366 e. The first-order chi connectivity index (χ1) is 7.31. The minimum atomic E-state index is -0.269. The monoisotopic (exact) mass is 213 g/mol. The van der Waals surface area contributed by atoms with E-state index in [1.54, 1.807) is 0 Å². The van der Waals surface area contributed by atoms with E-state index in [0.29, 0.717) is 19.2 Å². The van der Waals surface area contributed by atoms with E-state index < -0.39 is 0 Å². The Hall–Kier alpha value is -0.650. The number of likely N-dealkylation sites (N-methyl/N-ethyl adjacent to an activating group) is 1. The van der Waals surface area contributed by atoms with Crippen molar-refractivity contribution in [1.29, 1.82) is 0 Å². The number of rotatable bonds is 2. The van der Waals surface area contributed by atoms with Crippen molar-refractivity contribution in [2.75, 3.05) is 39.8 Å². The molecule has 2 heterocycles. The molecule has 0 aromatic carbocycles. The van der Waals surface area contributed by atoms with Crippen LogP contribution in [0.15, 0.2) is 0 Å². The SMILES string of the molecule is CNC1CCN(C(=O)[C@H]2CNCCO2)C1. The first kappa shape index (κ1) is 10.9. The zero-order valence-electron chi connectivity index (χ0n) is 9.16. The van der Waals surface area contributed by atoms with Gasteiger partial charge in [0.1, 0.15) is 6.10 Å². The number of carbonyl (C=O) groups excluding carboxylic acids is 1. The number of carbonyl (C=O) groups is 1. The van der Waals surface area contributed by atoms with Crippen molar-refractivity contribution < 1.29 is 9.53 Å². The van der Waals surface area contributed by atoms with Gasteiger partial charge in [-0.2, -0.15) is 0 Å². The van der Waals surface area contributed by atoms with Crippen molar-refractivity contribution in [2.45, 2.75) is 18.6 Å². The van der Waals surface area contributed by atoms with E-state index in [9.17, 15) is 4.79 Å². The van der Waals surface area contributed by atoms with Crippen molar-refractivity contribution in [3.63, 3.8) is 0 Å². The summed E-state index contributed by atoms with van der Waals surface area (Å²) in [6, 6.07) is 0.450. The van der Waals surface area contributed by atoms with Crippen LogP contribution in [0.4, 0.5) is 0 Å². The van der Waals surface area contributed by atoms with Crippen LogP contribution >= 0.6 is 0 Å². The molecule has 5 heteroatoms. The van der Waals surface area contributed by atoms with Crippen LogP contribution in [-0.2, 0) is 9.53 Å². The zero-order chi connectivity index (χ0) is 10.7. The normalized spacial score (nSPS) is 31.9. The summed E-state index contributed by atoms with van der Waals surface area (Å²) in [5.41, 5.74) is 0. The summed E-state index contributed by atoms with van der Waals surface area (Å²) in [7, 11) is 1.94. The highest BCUT2D eigenvalue weighted by atomic mass is 16.5. The molecule has 2 atom stereocenters. The Kier molecular flexibility index (Phi) is 3.56. The highest BCUT2D eigenvalue weighted by Crippen LogP contribution is 2.12. The van der Waals surface area contributed by atoms with E-state index >= 15 is 0 Å². The first-order valence-corrected chi connectivity index (χ1v) is 5.59. The predicted molar refractivity (Wildman–Crippen MR) is 56.7 cm³/mol. The van der Waals surface area contributed by atoms with Gasteiger partial charge in [0.25, 0.3) is 5.91 Å². The third-order valence-electron chi connectivity index (χ3n) is 3.11. The molecule has 2 aliphatic rings. The van der Waals surface area contributed by atoms with Gasteiger partial charge in [-0.15, -0.1) is 0 Å².